The Morgan fingerprint density at radius 1 is 1.45 bits per heavy atom. The molecule has 0 heterocycles. The van der Waals surface area contributed by atoms with Crippen LogP contribution in [0.2, 0.25) is 0 Å². The van der Waals surface area contributed by atoms with Gasteiger partial charge in [-0.2, -0.15) is 0 Å². The summed E-state index contributed by atoms with van der Waals surface area (Å²) in [5, 5.41) is 2.85. The number of nitrogens with one attached hydrogen (secondary N) is 1. The average Bonchev–Trinajstić information content (AvgIpc) is 1.84. The van der Waals surface area contributed by atoms with Crippen molar-refractivity contribution in [2.75, 3.05) is 6.54 Å². The van der Waals surface area contributed by atoms with Crippen LogP contribution >= 0.6 is 0 Å². The normalized spacial score (nSPS) is 29.3. The van der Waals surface area contributed by atoms with Crippen LogP contribution in [0.1, 0.15) is 33.1 Å². The molecule has 1 fully saturated rings. The molecule has 1 aliphatic rings. The fraction of sp³-hybridized carbons (Fsp3) is 0.889. The zero-order valence-corrected chi connectivity index (χ0v) is 7.39. The number of rotatable bonds is 3. The van der Waals surface area contributed by atoms with Crippen molar-refractivity contribution < 1.29 is 4.79 Å². The van der Waals surface area contributed by atoms with Gasteiger partial charge in [-0.25, -0.2) is 0 Å². The van der Waals surface area contributed by atoms with Crippen LogP contribution < -0.4 is 5.32 Å². The van der Waals surface area contributed by atoms with Crippen LogP contribution in [-0.4, -0.2) is 12.5 Å². The lowest BCUT2D eigenvalue weighted by atomic mass is 9.73. The third kappa shape index (κ3) is 2.52. The highest BCUT2D eigenvalue weighted by Crippen LogP contribution is 2.35. The maximum absolute atomic E-state index is 10.5. The Morgan fingerprint density at radius 3 is 2.55 bits per heavy atom. The molecule has 0 aromatic heterocycles. The second-order valence-corrected chi connectivity index (χ2v) is 3.55. The lowest BCUT2D eigenvalue weighted by Gasteiger charge is -2.34. The number of carbonyl (C=O) groups excluding carboxylic acids is 1. The second kappa shape index (κ2) is 3.74. The Labute approximate surface area is 68.4 Å². The molecule has 2 heteroatoms. The topological polar surface area (TPSA) is 29.1 Å². The molecule has 0 aromatic carbocycles. The van der Waals surface area contributed by atoms with Crippen LogP contribution in [0.4, 0.5) is 0 Å². The molecule has 0 saturated heterocycles. The van der Waals surface area contributed by atoms with Gasteiger partial charge in [-0.15, -0.1) is 0 Å². The summed E-state index contributed by atoms with van der Waals surface area (Å²) in [6.45, 7) is 4.71. The fourth-order valence-corrected chi connectivity index (χ4v) is 1.66. The minimum Gasteiger partial charge on any atom is -0.356 e. The molecular weight excluding hydrogens is 138 g/mol. The molecule has 0 aliphatic heterocycles. The van der Waals surface area contributed by atoms with Crippen molar-refractivity contribution in [3.05, 3.63) is 0 Å². The summed E-state index contributed by atoms with van der Waals surface area (Å²) in [5.74, 6) is 1.81. The van der Waals surface area contributed by atoms with Crippen molar-refractivity contribution >= 4 is 5.91 Å². The van der Waals surface area contributed by atoms with E-state index in [4.69, 9.17) is 0 Å². The van der Waals surface area contributed by atoms with Crippen LogP contribution in [0.5, 0.6) is 0 Å². The summed E-state index contributed by atoms with van der Waals surface area (Å²) >= 11 is 0. The molecule has 1 N–H and O–H groups in total. The van der Waals surface area contributed by atoms with Gasteiger partial charge in [0.15, 0.2) is 0 Å². The zero-order chi connectivity index (χ0) is 8.27. The summed E-state index contributed by atoms with van der Waals surface area (Å²) in [6.07, 6.45) is 3.93. The van der Waals surface area contributed by atoms with Crippen LogP contribution in [-0.2, 0) is 4.79 Å². The summed E-state index contributed by atoms with van der Waals surface area (Å²) in [4.78, 5) is 10.5. The van der Waals surface area contributed by atoms with E-state index in [1.54, 1.807) is 6.92 Å². The third-order valence-electron chi connectivity index (χ3n) is 2.55. The molecule has 1 rings (SSSR count). The van der Waals surface area contributed by atoms with Gasteiger partial charge in [0.25, 0.3) is 0 Å². The lowest BCUT2D eigenvalue weighted by molar-refractivity contribution is -0.119. The van der Waals surface area contributed by atoms with E-state index in [0.717, 1.165) is 18.4 Å². The predicted molar refractivity (Wildman–Crippen MR) is 45.2 cm³/mol. The van der Waals surface area contributed by atoms with E-state index in [-0.39, 0.29) is 5.91 Å². The van der Waals surface area contributed by atoms with E-state index < -0.39 is 0 Å². The molecule has 11 heavy (non-hydrogen) atoms. The van der Waals surface area contributed by atoms with E-state index in [1.165, 1.54) is 19.3 Å². The molecule has 64 valence electrons. The summed E-state index contributed by atoms with van der Waals surface area (Å²) in [7, 11) is 0. The summed E-state index contributed by atoms with van der Waals surface area (Å²) in [5.41, 5.74) is 0. The van der Waals surface area contributed by atoms with E-state index in [0.29, 0.717) is 0 Å². The minimum absolute atomic E-state index is 0.102. The molecule has 0 atom stereocenters. The first kappa shape index (κ1) is 8.57. The SMILES string of the molecule is CC[C@H]1C[C@@H](CNC(C)=O)C1. The first-order chi connectivity index (χ1) is 5.22. The Kier molecular flexibility index (Phi) is 2.92. The van der Waals surface area contributed by atoms with E-state index >= 15 is 0 Å². The van der Waals surface area contributed by atoms with Gasteiger partial charge in [-0.1, -0.05) is 13.3 Å². The predicted octanol–water partition coefficient (Wildman–Crippen LogP) is 1.56. The van der Waals surface area contributed by atoms with Gasteiger partial charge in [0.1, 0.15) is 0 Å². The second-order valence-electron chi connectivity index (χ2n) is 3.55. The van der Waals surface area contributed by atoms with E-state index in [2.05, 4.69) is 12.2 Å². The van der Waals surface area contributed by atoms with Crippen molar-refractivity contribution in [1.29, 1.82) is 0 Å². The largest absolute Gasteiger partial charge is 0.356 e. The average molecular weight is 155 g/mol. The molecule has 1 amide bonds. The number of amides is 1. The van der Waals surface area contributed by atoms with Crippen molar-refractivity contribution in [3.8, 4) is 0 Å². The van der Waals surface area contributed by atoms with Crippen LogP contribution in [0.15, 0.2) is 0 Å². The van der Waals surface area contributed by atoms with Gasteiger partial charge in [0, 0.05) is 13.5 Å². The fourth-order valence-electron chi connectivity index (χ4n) is 1.66. The van der Waals surface area contributed by atoms with Crippen molar-refractivity contribution in [2.24, 2.45) is 11.8 Å². The Morgan fingerprint density at radius 2 is 2.09 bits per heavy atom. The van der Waals surface area contributed by atoms with Gasteiger partial charge in [-0.3, -0.25) is 4.79 Å². The van der Waals surface area contributed by atoms with E-state index in [9.17, 15) is 4.79 Å². The maximum atomic E-state index is 10.5. The number of hydrogen-bond donors (Lipinski definition) is 1. The summed E-state index contributed by atoms with van der Waals surface area (Å²) in [6, 6.07) is 0. The maximum Gasteiger partial charge on any atom is 0.216 e. The highest BCUT2D eigenvalue weighted by Gasteiger charge is 2.26. The molecule has 0 bridgehead atoms. The van der Waals surface area contributed by atoms with Gasteiger partial charge >= 0.3 is 0 Å². The van der Waals surface area contributed by atoms with Crippen LogP contribution in [0.3, 0.4) is 0 Å². The molecule has 0 unspecified atom stereocenters. The minimum atomic E-state index is 0.102. The molecule has 1 saturated carbocycles. The quantitative estimate of drug-likeness (QED) is 0.658. The van der Waals surface area contributed by atoms with Crippen molar-refractivity contribution in [1.82, 2.24) is 5.32 Å². The third-order valence-corrected chi connectivity index (χ3v) is 2.55. The number of carbonyl (C=O) groups is 1. The van der Waals surface area contributed by atoms with Gasteiger partial charge < -0.3 is 5.32 Å². The molecule has 0 radical (unpaired) electrons. The highest BCUT2D eigenvalue weighted by molar-refractivity contribution is 5.72. The summed E-state index contributed by atoms with van der Waals surface area (Å²) < 4.78 is 0. The van der Waals surface area contributed by atoms with Gasteiger partial charge in [0.2, 0.25) is 5.91 Å². The monoisotopic (exact) mass is 155 g/mol. The smallest absolute Gasteiger partial charge is 0.216 e. The standard InChI is InChI=1S/C9H17NO/c1-3-8-4-9(5-8)6-10-7(2)11/h8-9H,3-6H2,1-2H3,(H,10,11)/t8-,9+. The number of hydrogen-bond acceptors (Lipinski definition) is 1. The zero-order valence-electron chi connectivity index (χ0n) is 7.39. The highest BCUT2D eigenvalue weighted by atomic mass is 16.1. The van der Waals surface area contributed by atoms with Crippen LogP contribution in [0, 0.1) is 11.8 Å². The lowest BCUT2D eigenvalue weighted by Crippen LogP contribution is -2.34. The molecule has 0 aromatic rings. The van der Waals surface area contributed by atoms with Crippen LogP contribution in [0.25, 0.3) is 0 Å². The van der Waals surface area contributed by atoms with Crippen molar-refractivity contribution in [3.63, 3.8) is 0 Å². The first-order valence-electron chi connectivity index (χ1n) is 4.46. The molecule has 0 spiro atoms. The van der Waals surface area contributed by atoms with Gasteiger partial charge in [-0.05, 0) is 24.7 Å². The molecular formula is C9H17NO. The first-order valence-corrected chi connectivity index (χ1v) is 4.46. The molecule has 2 nitrogen and oxygen atoms in total. The Hall–Kier alpha value is -0.530. The van der Waals surface area contributed by atoms with E-state index in [1.807, 2.05) is 0 Å². The Bertz CT molecular complexity index is 138. The Balaban J connectivity index is 2.00. The molecule has 1 aliphatic carbocycles. The van der Waals surface area contributed by atoms with Crippen molar-refractivity contribution in [2.45, 2.75) is 33.1 Å². The van der Waals surface area contributed by atoms with Gasteiger partial charge in [0.05, 0.1) is 0 Å².